The van der Waals surface area contributed by atoms with Gasteiger partial charge in [0, 0.05) is 45.0 Å². The lowest BCUT2D eigenvalue weighted by molar-refractivity contribution is -0.127. The summed E-state index contributed by atoms with van der Waals surface area (Å²) in [5, 5.41) is 7.69. The molecule has 0 unspecified atom stereocenters. The molecule has 11 nitrogen and oxygen atoms in total. The normalized spacial score (nSPS) is 22.6. The number of nitrogens with one attached hydrogen (secondary N) is 1. The highest BCUT2D eigenvalue weighted by Crippen LogP contribution is 2.47. The van der Waals surface area contributed by atoms with Gasteiger partial charge in [0.2, 0.25) is 5.91 Å². The summed E-state index contributed by atoms with van der Waals surface area (Å²) in [7, 11) is 0. The lowest BCUT2D eigenvalue weighted by Crippen LogP contribution is -2.50. The number of aromatic nitrogens is 3. The van der Waals surface area contributed by atoms with Gasteiger partial charge in [-0.15, -0.1) is 0 Å². The molecule has 0 atom stereocenters. The number of hydrogen-bond acceptors (Lipinski definition) is 7. The van der Waals surface area contributed by atoms with Gasteiger partial charge in [-0.05, 0) is 77.1 Å². The maximum absolute atomic E-state index is 13.5. The number of piperazine rings is 1. The van der Waals surface area contributed by atoms with Crippen molar-refractivity contribution in [2.75, 3.05) is 42.5 Å². The Labute approximate surface area is 260 Å². The van der Waals surface area contributed by atoms with E-state index in [0.29, 0.717) is 87.5 Å². The third-order valence-electron chi connectivity index (χ3n) is 8.85. The van der Waals surface area contributed by atoms with Crippen molar-refractivity contribution in [1.82, 2.24) is 24.8 Å². The van der Waals surface area contributed by atoms with Crippen molar-refractivity contribution in [2.24, 2.45) is 5.41 Å². The maximum atomic E-state index is 13.5. The van der Waals surface area contributed by atoms with Crippen LogP contribution in [-0.4, -0.2) is 81.8 Å². The van der Waals surface area contributed by atoms with Crippen LogP contribution in [0.1, 0.15) is 63.2 Å². The zero-order chi connectivity index (χ0) is 31.2. The molecular weight excluding hydrogens is 589 g/mol. The highest BCUT2D eigenvalue weighted by molar-refractivity contribution is 6.34. The van der Waals surface area contributed by atoms with Crippen LogP contribution in [0.2, 0.25) is 5.02 Å². The number of rotatable bonds is 4. The van der Waals surface area contributed by atoms with Crippen molar-refractivity contribution in [3.05, 3.63) is 53.1 Å². The number of anilines is 2. The molecule has 0 bridgehead atoms. The van der Waals surface area contributed by atoms with E-state index in [1.807, 2.05) is 26.8 Å². The number of carbonyl (C=O) groups is 3. The molecule has 234 valence electrons. The molecule has 3 aliphatic rings. The zero-order valence-corrected chi connectivity index (χ0v) is 25.9. The van der Waals surface area contributed by atoms with Gasteiger partial charge in [0.05, 0.1) is 22.3 Å². The monoisotopic (exact) mass is 625 g/mol. The van der Waals surface area contributed by atoms with Gasteiger partial charge in [-0.1, -0.05) is 11.6 Å². The van der Waals surface area contributed by atoms with Crippen LogP contribution in [0, 0.1) is 11.2 Å². The largest absolute Gasteiger partial charge is 0.444 e. The van der Waals surface area contributed by atoms with Crippen LogP contribution >= 0.6 is 11.6 Å². The van der Waals surface area contributed by atoms with Crippen LogP contribution in [0.4, 0.5) is 20.7 Å². The summed E-state index contributed by atoms with van der Waals surface area (Å²) in [6.45, 7) is 8.28. The first-order valence-electron chi connectivity index (χ1n) is 15.1. The molecule has 4 heterocycles. The number of hydrogen-bond donors (Lipinski definition) is 1. The summed E-state index contributed by atoms with van der Waals surface area (Å²) in [6.07, 6.45) is 6.33. The fourth-order valence-electron chi connectivity index (χ4n) is 6.43. The second kappa shape index (κ2) is 11.5. The number of halogens is 2. The van der Waals surface area contributed by atoms with Crippen molar-refractivity contribution in [1.29, 1.82) is 0 Å². The Hall–Kier alpha value is -3.93. The fourth-order valence-corrected chi connectivity index (χ4v) is 6.70. The third kappa shape index (κ3) is 5.91. The van der Waals surface area contributed by atoms with Crippen molar-refractivity contribution in [2.45, 2.75) is 64.5 Å². The minimum Gasteiger partial charge on any atom is -0.444 e. The molecule has 3 amide bonds. The molecular formula is C31H37ClFN7O4. The first-order chi connectivity index (χ1) is 20.9. The number of amides is 3. The van der Waals surface area contributed by atoms with Gasteiger partial charge in [-0.3, -0.25) is 9.59 Å². The zero-order valence-electron chi connectivity index (χ0n) is 25.2. The molecule has 1 aliphatic carbocycles. The van der Waals surface area contributed by atoms with Gasteiger partial charge in [0.1, 0.15) is 22.8 Å². The number of benzene rings is 1. The van der Waals surface area contributed by atoms with Gasteiger partial charge in [0.15, 0.2) is 5.65 Å². The summed E-state index contributed by atoms with van der Waals surface area (Å²) in [5.74, 6) is 0.0352. The van der Waals surface area contributed by atoms with E-state index < -0.39 is 16.8 Å². The van der Waals surface area contributed by atoms with E-state index in [9.17, 15) is 18.8 Å². The van der Waals surface area contributed by atoms with Crippen LogP contribution in [0.25, 0.3) is 5.65 Å². The van der Waals surface area contributed by atoms with E-state index in [1.54, 1.807) is 26.6 Å². The van der Waals surface area contributed by atoms with Crippen molar-refractivity contribution < 1.29 is 23.5 Å². The van der Waals surface area contributed by atoms with Crippen molar-refractivity contribution in [3.63, 3.8) is 0 Å². The van der Waals surface area contributed by atoms with Crippen LogP contribution in [0.15, 0.2) is 36.7 Å². The van der Waals surface area contributed by atoms with E-state index in [4.69, 9.17) is 21.3 Å². The summed E-state index contributed by atoms with van der Waals surface area (Å²) < 4.78 is 20.6. The van der Waals surface area contributed by atoms with Crippen LogP contribution < -0.4 is 15.1 Å². The lowest BCUT2D eigenvalue weighted by Gasteiger charge is -2.36. The van der Waals surface area contributed by atoms with Crippen molar-refractivity contribution >= 4 is 46.7 Å². The first-order valence-corrected chi connectivity index (χ1v) is 15.5. The Bertz CT molecular complexity index is 1590. The molecule has 2 aliphatic heterocycles. The number of ether oxygens (including phenoxy) is 1. The Morgan fingerprint density at radius 1 is 1.07 bits per heavy atom. The highest BCUT2D eigenvalue weighted by atomic mass is 35.5. The Morgan fingerprint density at radius 3 is 2.48 bits per heavy atom. The number of carbonyl (C=O) groups excluding carboxylic acids is 3. The van der Waals surface area contributed by atoms with Gasteiger partial charge < -0.3 is 24.8 Å². The standard InChI is InChI=1S/C31H37ClFN7O4/c1-30(2,3)44-29(43)38-16-14-37(15-17-38)25-8-12-40-26(36-25)22(19-34-40)27(41)35-21-6-9-31(10-7-21)11-13-39(28(31)42)24-5-4-20(33)18-23(24)32/h4-5,8,12,18-19,21H,6-7,9-11,13-17H2,1-3H3,(H,35,41)/t21-,31-. The van der Waals surface area contributed by atoms with Crippen LogP contribution in [0.3, 0.4) is 0 Å². The lowest BCUT2D eigenvalue weighted by atomic mass is 9.71. The Kier molecular flexibility index (Phi) is 7.89. The Balaban J connectivity index is 1.07. The van der Waals surface area contributed by atoms with Crippen LogP contribution in [0.5, 0.6) is 0 Å². The number of fused-ring (bicyclic) bond motifs is 1. The second-order valence-corrected chi connectivity index (χ2v) is 13.3. The third-order valence-corrected chi connectivity index (χ3v) is 9.15. The van der Waals surface area contributed by atoms with Gasteiger partial charge in [-0.25, -0.2) is 18.7 Å². The summed E-state index contributed by atoms with van der Waals surface area (Å²) >= 11 is 6.25. The Morgan fingerprint density at radius 2 is 1.80 bits per heavy atom. The predicted octanol–water partition coefficient (Wildman–Crippen LogP) is 4.67. The van der Waals surface area contributed by atoms with E-state index >= 15 is 0 Å². The molecule has 3 fully saturated rings. The van der Waals surface area contributed by atoms with Gasteiger partial charge in [0.25, 0.3) is 5.91 Å². The fraction of sp³-hybridized carbons (Fsp3) is 0.516. The molecule has 13 heteroatoms. The molecule has 6 rings (SSSR count). The smallest absolute Gasteiger partial charge is 0.410 e. The first kappa shape index (κ1) is 30.1. The topological polar surface area (TPSA) is 112 Å². The van der Waals surface area contributed by atoms with E-state index in [0.717, 1.165) is 0 Å². The number of nitrogens with zero attached hydrogens (tertiary/aromatic N) is 6. The molecule has 0 radical (unpaired) electrons. The average molecular weight is 626 g/mol. The predicted molar refractivity (Wildman–Crippen MR) is 164 cm³/mol. The van der Waals surface area contributed by atoms with E-state index in [1.165, 1.54) is 18.3 Å². The molecule has 1 N–H and O–H groups in total. The molecule has 44 heavy (non-hydrogen) atoms. The van der Waals surface area contributed by atoms with Gasteiger partial charge >= 0.3 is 6.09 Å². The maximum Gasteiger partial charge on any atom is 0.410 e. The quantitative estimate of drug-likeness (QED) is 0.448. The molecule has 3 aromatic rings. The molecule has 1 aromatic carbocycles. The summed E-state index contributed by atoms with van der Waals surface area (Å²) in [5.41, 5.74) is 0.338. The molecule has 2 aromatic heterocycles. The summed E-state index contributed by atoms with van der Waals surface area (Å²) in [6, 6.07) is 5.87. The van der Waals surface area contributed by atoms with Crippen LogP contribution in [-0.2, 0) is 9.53 Å². The minimum atomic E-state index is -0.548. The van der Waals surface area contributed by atoms with E-state index in [2.05, 4.69) is 15.3 Å². The molecule has 2 saturated heterocycles. The second-order valence-electron chi connectivity index (χ2n) is 12.9. The average Bonchev–Trinajstić information content (AvgIpc) is 3.54. The van der Waals surface area contributed by atoms with Gasteiger partial charge in [-0.2, -0.15) is 5.10 Å². The highest BCUT2D eigenvalue weighted by Gasteiger charge is 2.49. The molecule has 1 spiro atoms. The molecule has 1 saturated carbocycles. The van der Waals surface area contributed by atoms with E-state index in [-0.39, 0.29) is 29.0 Å². The summed E-state index contributed by atoms with van der Waals surface area (Å²) in [4.78, 5) is 49.5. The minimum absolute atomic E-state index is 0.0158. The SMILES string of the molecule is CC(C)(C)OC(=O)N1CCN(c2ccn3ncc(C(=O)N[C@H]4CC[C@@]5(CCN(c6ccc(F)cc6Cl)C5=O)CC4)c3n2)CC1. The van der Waals surface area contributed by atoms with Crippen molar-refractivity contribution in [3.8, 4) is 0 Å².